The van der Waals surface area contributed by atoms with Crippen molar-refractivity contribution < 1.29 is 35.8 Å². The highest BCUT2D eigenvalue weighted by molar-refractivity contribution is 6.00. The lowest BCUT2D eigenvalue weighted by Gasteiger charge is -2.15. The third-order valence-corrected chi connectivity index (χ3v) is 8.62. The second kappa shape index (κ2) is 12.7. The summed E-state index contributed by atoms with van der Waals surface area (Å²) in [6, 6.07) is 27.4. The molecule has 0 spiro atoms. The molecule has 0 fully saturated rings. The predicted octanol–water partition coefficient (Wildman–Crippen LogP) is 9.06. The van der Waals surface area contributed by atoms with Crippen LogP contribution in [0.25, 0.3) is 33.4 Å². The topological polar surface area (TPSA) is 161 Å². The number of allylic oxidation sites excluding steroid dienone is 4. The van der Waals surface area contributed by atoms with Crippen molar-refractivity contribution in [2.45, 2.75) is 24.6 Å². The molecule has 0 heterocycles. The fourth-order valence-electron chi connectivity index (χ4n) is 6.71. The molecule has 0 radical (unpaired) electrons. The van der Waals surface area contributed by atoms with Gasteiger partial charge in [0.05, 0.1) is 11.1 Å². The summed E-state index contributed by atoms with van der Waals surface area (Å²) < 4.78 is 87.1. The van der Waals surface area contributed by atoms with Crippen molar-refractivity contribution in [3.63, 3.8) is 0 Å². The molecule has 8 nitrogen and oxygen atoms in total. The average Bonchev–Trinajstić information content (AvgIpc) is 3.60. The first-order valence-electron chi connectivity index (χ1n) is 14.7. The van der Waals surface area contributed by atoms with Gasteiger partial charge in [-0.3, -0.25) is 0 Å². The second-order valence-corrected chi connectivity index (χ2v) is 11.3. The molecule has 2 unspecified atom stereocenters. The molecule has 2 aliphatic carbocycles. The molecule has 0 aromatic heterocycles. The lowest BCUT2D eigenvalue weighted by Crippen LogP contribution is -2.17. The third kappa shape index (κ3) is 5.99. The highest BCUT2D eigenvalue weighted by Crippen LogP contribution is 2.64. The van der Waals surface area contributed by atoms with Crippen LogP contribution in [0.2, 0.25) is 0 Å². The van der Waals surface area contributed by atoms with E-state index >= 15 is 0 Å². The number of alkyl halides is 6. The molecule has 4 aromatic rings. The number of benzene rings is 4. The normalized spacial score (nSPS) is 15.3. The van der Waals surface area contributed by atoms with E-state index in [0.29, 0.717) is 33.4 Å². The van der Waals surface area contributed by atoms with Crippen molar-refractivity contribution >= 4 is 11.1 Å². The zero-order chi connectivity index (χ0) is 37.5. The van der Waals surface area contributed by atoms with E-state index in [-0.39, 0.29) is 44.5 Å². The minimum atomic E-state index is -5.09. The summed E-state index contributed by atoms with van der Waals surface area (Å²) in [5, 5.41) is 58.9. The number of nitrogens with zero attached hydrogens (tertiary/aromatic N) is 6. The Morgan fingerprint density at radius 2 is 0.808 bits per heavy atom. The van der Waals surface area contributed by atoms with Crippen molar-refractivity contribution in [2.24, 2.45) is 0 Å². The minimum absolute atomic E-state index is 0.206. The van der Waals surface area contributed by atoms with Crippen LogP contribution >= 0.6 is 0 Å². The predicted molar refractivity (Wildman–Crippen MR) is 168 cm³/mol. The van der Waals surface area contributed by atoms with Crippen LogP contribution in [0, 0.1) is 68.0 Å². The molecular weight excluding hydrogens is 686 g/mol. The largest absolute Gasteiger partial charge is 0.573 e. The van der Waals surface area contributed by atoms with Gasteiger partial charge >= 0.3 is 12.7 Å². The molecule has 2 atom stereocenters. The number of ether oxygens (including phenoxy) is 2. The number of halogens is 6. The first-order chi connectivity index (χ1) is 24.7. The Kier molecular flexibility index (Phi) is 8.41. The molecule has 0 saturated heterocycles. The van der Waals surface area contributed by atoms with Gasteiger partial charge in [0.15, 0.2) is 0 Å². The highest BCUT2D eigenvalue weighted by atomic mass is 19.4. The first-order valence-corrected chi connectivity index (χ1v) is 14.7. The van der Waals surface area contributed by atoms with Gasteiger partial charge in [0.2, 0.25) is 0 Å². The van der Waals surface area contributed by atoms with Crippen LogP contribution in [0.15, 0.2) is 83.9 Å². The zero-order valence-electron chi connectivity index (χ0n) is 25.9. The molecule has 0 saturated carbocycles. The van der Waals surface area contributed by atoms with E-state index in [9.17, 15) is 57.9 Å². The second-order valence-electron chi connectivity index (χ2n) is 11.3. The summed E-state index contributed by atoms with van der Waals surface area (Å²) >= 11 is 0. The lowest BCUT2D eigenvalue weighted by molar-refractivity contribution is -0.275. The van der Waals surface area contributed by atoms with E-state index in [0.717, 1.165) is 24.3 Å². The van der Waals surface area contributed by atoms with Crippen LogP contribution in [0.1, 0.15) is 45.2 Å². The molecule has 0 N–H and O–H groups in total. The third-order valence-electron chi connectivity index (χ3n) is 8.62. The summed E-state index contributed by atoms with van der Waals surface area (Å²) in [5.74, 6) is -3.22. The van der Waals surface area contributed by atoms with E-state index in [4.69, 9.17) is 0 Å². The Hall–Kier alpha value is -7.52. The minimum Gasteiger partial charge on any atom is -0.404 e. The zero-order valence-corrected chi connectivity index (χ0v) is 25.9. The van der Waals surface area contributed by atoms with Gasteiger partial charge in [0.25, 0.3) is 0 Å². The Bertz CT molecular complexity index is 2330. The monoisotopic (exact) mass is 700 g/mol. The lowest BCUT2D eigenvalue weighted by atomic mass is 9.85. The van der Waals surface area contributed by atoms with Gasteiger partial charge in [-0.05, 0) is 92.1 Å². The van der Waals surface area contributed by atoms with Gasteiger partial charge in [-0.1, -0.05) is 36.4 Å². The number of nitriles is 6. The fraction of sp³-hybridized carbons (Fsp3) is 0.105. The van der Waals surface area contributed by atoms with E-state index in [1.807, 2.05) is 24.3 Å². The summed E-state index contributed by atoms with van der Waals surface area (Å²) in [6.07, 6.45) is -10.2. The Balaban J connectivity index is 1.58. The molecular formula is C38H14F6N6O2. The number of hydrogen-bond acceptors (Lipinski definition) is 8. The van der Waals surface area contributed by atoms with Crippen LogP contribution in [0.3, 0.4) is 0 Å². The van der Waals surface area contributed by atoms with Crippen molar-refractivity contribution in [3.8, 4) is 70.2 Å². The van der Waals surface area contributed by atoms with Crippen molar-refractivity contribution in [1.82, 2.24) is 0 Å². The number of fused-ring (bicyclic) bond motifs is 5. The van der Waals surface area contributed by atoms with Crippen LogP contribution in [0.4, 0.5) is 26.3 Å². The Morgan fingerprint density at radius 3 is 1.12 bits per heavy atom. The molecule has 2 aliphatic rings. The van der Waals surface area contributed by atoms with Gasteiger partial charge in [0.1, 0.15) is 59.1 Å². The smallest absolute Gasteiger partial charge is 0.404 e. The van der Waals surface area contributed by atoms with E-state index in [1.54, 1.807) is 36.4 Å². The standard InChI is InChI=1S/C38H14F6N6O2/c39-37(40,41)51-31-11-21(1-3-23(31)13-45)19-5-7-27-29(9-19)35-34(26(17-49)18-50)28-8-6-20(10-30(28)36(35)33(27)25(15-47)16-48)22-2-4-24(14-46)32(12-22)52-38(42,43)44/h1-12,35-36H. The van der Waals surface area contributed by atoms with Gasteiger partial charge in [-0.15, -0.1) is 26.3 Å². The van der Waals surface area contributed by atoms with E-state index < -0.39 is 36.1 Å². The molecule has 52 heavy (non-hydrogen) atoms. The molecule has 0 aliphatic heterocycles. The van der Waals surface area contributed by atoms with E-state index in [2.05, 4.69) is 9.47 Å². The first kappa shape index (κ1) is 34.3. The maximum atomic E-state index is 13.2. The van der Waals surface area contributed by atoms with Gasteiger partial charge < -0.3 is 9.47 Å². The van der Waals surface area contributed by atoms with Gasteiger partial charge in [0, 0.05) is 11.8 Å². The number of hydrogen-bond donors (Lipinski definition) is 0. The molecule has 0 amide bonds. The SMILES string of the molecule is N#CC(C#N)=C1c2ccc(-c3ccc(C#N)c(OC(F)(F)F)c3)cc2C2C(=C(C#N)C#N)c3ccc(-c4ccc(C#N)c(OC(F)(F)F)c4)cc3C12. The maximum Gasteiger partial charge on any atom is 0.573 e. The quantitative estimate of drug-likeness (QED) is 0.150. The van der Waals surface area contributed by atoms with Gasteiger partial charge in [-0.25, -0.2) is 0 Å². The molecule has 4 aromatic carbocycles. The highest BCUT2D eigenvalue weighted by Gasteiger charge is 2.49. The number of rotatable bonds is 4. The van der Waals surface area contributed by atoms with Crippen molar-refractivity contribution in [1.29, 1.82) is 31.6 Å². The summed E-state index contributed by atoms with van der Waals surface area (Å²) in [4.78, 5) is 0. The Morgan fingerprint density at radius 1 is 0.481 bits per heavy atom. The fourth-order valence-corrected chi connectivity index (χ4v) is 6.71. The maximum absolute atomic E-state index is 13.2. The van der Waals surface area contributed by atoms with Crippen molar-refractivity contribution in [2.75, 3.05) is 0 Å². The summed E-state index contributed by atoms with van der Waals surface area (Å²) in [7, 11) is 0. The average molecular weight is 701 g/mol. The van der Waals surface area contributed by atoms with Crippen LogP contribution in [-0.4, -0.2) is 12.7 Å². The molecule has 6 rings (SSSR count). The molecule has 0 bridgehead atoms. The van der Waals surface area contributed by atoms with Crippen LogP contribution in [-0.2, 0) is 0 Å². The van der Waals surface area contributed by atoms with Crippen LogP contribution < -0.4 is 9.47 Å². The van der Waals surface area contributed by atoms with Crippen LogP contribution in [0.5, 0.6) is 11.5 Å². The molecule has 250 valence electrons. The van der Waals surface area contributed by atoms with Crippen molar-refractivity contribution in [3.05, 3.63) is 117 Å². The molecule has 14 heteroatoms. The van der Waals surface area contributed by atoms with Gasteiger partial charge in [-0.2, -0.15) is 31.6 Å². The van der Waals surface area contributed by atoms with E-state index in [1.165, 1.54) is 24.3 Å². The summed E-state index contributed by atoms with van der Waals surface area (Å²) in [6.45, 7) is 0. The Labute approximate surface area is 290 Å². The summed E-state index contributed by atoms with van der Waals surface area (Å²) in [5.41, 5.74) is 1.86.